The summed E-state index contributed by atoms with van der Waals surface area (Å²) >= 11 is 24.1. The second-order valence-corrected chi connectivity index (χ2v) is 22.3. The number of hydrogen-bond donors (Lipinski definition) is 8. The first-order chi connectivity index (χ1) is 34.4. The van der Waals surface area contributed by atoms with E-state index >= 15 is 0 Å². The standard InChI is InChI=1S/C42H28Cl4N6O18S4/c1-69-31-16-28(50-52-38-34(74(66,67)68)11-19-8-22(72(60,61)62)14-30(36(19)40(38)54)48-42(56)23-5-4-20(43)12-25(23)45)32(70-2)15-27(31)49-51-37-33(73(63,64)65)10-18-7-21(71(57,58)59)13-29(35(18)39(37)53)47-41(55)17-3-6-24(44)26(46)9-17/h3-16,49-50H,1-2H3,(H,47,55)(H,48,56)(H,57,58,59)(H,60,61,62)(H,63,64,65)(H,66,67,68)/b51-37+,52-38+. The van der Waals surface area contributed by atoms with E-state index in [1.807, 2.05) is 0 Å². The van der Waals surface area contributed by atoms with Crippen molar-refractivity contribution >= 4 is 157 Å². The Morgan fingerprint density at radius 1 is 0.514 bits per heavy atom. The number of rotatable bonds is 14. The number of hydrazone groups is 2. The number of ketones is 2. The molecule has 0 radical (unpaired) electrons. The SMILES string of the molecule is COc1cc(N/N=C2/C(=O)c3c(cc(S(=O)(=O)O)cc3NC(=O)c3ccc(Cl)cc3Cl)C=C2S(=O)(=O)O)c(OC)cc1N/N=C1/C(=O)c2c(cc(S(=O)(=O)O)cc2NC(=O)c2ccc(Cl)c(Cl)c2)C=C1S(=O)(=O)O. The van der Waals surface area contributed by atoms with E-state index < -0.39 is 129 Å². The third-order valence-electron chi connectivity index (χ3n) is 10.3. The molecule has 5 aromatic carbocycles. The highest BCUT2D eigenvalue weighted by molar-refractivity contribution is 7.91. The molecule has 7 rings (SSSR count). The van der Waals surface area contributed by atoms with Crippen molar-refractivity contribution < 1.29 is 80.5 Å². The smallest absolute Gasteiger partial charge is 0.296 e. The maximum Gasteiger partial charge on any atom is 0.296 e. The molecule has 0 atom stereocenters. The lowest BCUT2D eigenvalue weighted by Crippen LogP contribution is -2.29. The third kappa shape index (κ3) is 11.4. The van der Waals surface area contributed by atoms with E-state index in [1.165, 1.54) is 30.3 Å². The van der Waals surface area contributed by atoms with Crippen LogP contribution < -0.4 is 31.0 Å². The molecule has 0 fully saturated rings. The monoisotopic (exact) mass is 1170 g/mol. The average molecular weight is 1170 g/mol. The highest BCUT2D eigenvalue weighted by Crippen LogP contribution is 2.40. The third-order valence-corrected chi connectivity index (χ3v) is 15.0. The van der Waals surface area contributed by atoms with Gasteiger partial charge in [-0.25, -0.2) is 0 Å². The maximum absolute atomic E-state index is 14.3. The fraction of sp³-hybridized carbons (Fsp3) is 0.0476. The van der Waals surface area contributed by atoms with Gasteiger partial charge in [-0.1, -0.05) is 46.4 Å². The minimum atomic E-state index is -5.42. The summed E-state index contributed by atoms with van der Waals surface area (Å²) in [6, 6.07) is 12.2. The summed E-state index contributed by atoms with van der Waals surface area (Å²) in [6.45, 7) is 0. The van der Waals surface area contributed by atoms with Gasteiger partial charge < -0.3 is 20.1 Å². The Hall–Kier alpha value is -6.80. The van der Waals surface area contributed by atoms with Gasteiger partial charge in [-0.3, -0.25) is 48.2 Å². The number of benzene rings is 5. The number of fused-ring (bicyclic) bond motifs is 2. The van der Waals surface area contributed by atoms with Crippen molar-refractivity contribution in [2.24, 2.45) is 10.2 Å². The van der Waals surface area contributed by atoms with Crippen LogP contribution in [-0.4, -0.2) is 101 Å². The molecule has 0 aliphatic heterocycles. The molecule has 2 aliphatic carbocycles. The molecule has 74 heavy (non-hydrogen) atoms. The summed E-state index contributed by atoms with van der Waals surface area (Å²) in [4.78, 5) is 51.0. The van der Waals surface area contributed by atoms with Crippen LogP contribution in [-0.2, 0) is 40.5 Å². The quantitative estimate of drug-likeness (QED) is 0.0406. The second kappa shape index (κ2) is 20.5. The molecule has 0 saturated carbocycles. The van der Waals surface area contributed by atoms with Gasteiger partial charge in [-0.05, 0) is 83.9 Å². The van der Waals surface area contributed by atoms with Gasteiger partial charge in [-0.15, -0.1) is 0 Å². The molecule has 8 N–H and O–H groups in total. The van der Waals surface area contributed by atoms with Crippen LogP contribution in [0.4, 0.5) is 22.7 Å². The van der Waals surface area contributed by atoms with Crippen molar-refractivity contribution in [1.82, 2.24) is 0 Å². The molecule has 2 aliphatic rings. The molecule has 0 bridgehead atoms. The summed E-state index contributed by atoms with van der Waals surface area (Å²) in [5.74, 6) is -5.25. The number of carbonyl (C=O) groups is 4. The van der Waals surface area contributed by atoms with Crippen molar-refractivity contribution in [3.05, 3.63) is 136 Å². The number of methoxy groups -OCH3 is 2. The van der Waals surface area contributed by atoms with Crippen LogP contribution in [0.25, 0.3) is 12.2 Å². The first kappa shape index (κ1) is 55.0. The van der Waals surface area contributed by atoms with Gasteiger partial charge in [0, 0.05) is 22.7 Å². The molecule has 5 aromatic rings. The lowest BCUT2D eigenvalue weighted by Gasteiger charge is -2.21. The Bertz CT molecular complexity index is 3960. The Morgan fingerprint density at radius 2 is 0.959 bits per heavy atom. The zero-order valence-electron chi connectivity index (χ0n) is 36.6. The molecule has 386 valence electrons. The molecular weight excluding hydrogens is 1150 g/mol. The fourth-order valence-electron chi connectivity index (χ4n) is 6.99. The van der Waals surface area contributed by atoms with Crippen molar-refractivity contribution in [1.29, 1.82) is 0 Å². The minimum absolute atomic E-state index is 0.0631. The maximum atomic E-state index is 14.3. The topological polar surface area (TPSA) is 377 Å². The molecular formula is C42H28Cl4N6O18S4. The van der Waals surface area contributed by atoms with Gasteiger partial charge in [0.1, 0.15) is 32.7 Å². The molecule has 0 unspecified atom stereocenters. The van der Waals surface area contributed by atoms with Gasteiger partial charge in [0.05, 0.1) is 67.1 Å². The van der Waals surface area contributed by atoms with Gasteiger partial charge in [0.15, 0.2) is 11.4 Å². The zero-order chi connectivity index (χ0) is 54.6. The number of halogens is 4. The molecule has 0 heterocycles. The van der Waals surface area contributed by atoms with Gasteiger partial charge >= 0.3 is 0 Å². The average Bonchev–Trinajstić information content (AvgIpc) is 3.29. The lowest BCUT2D eigenvalue weighted by atomic mass is 9.92. The summed E-state index contributed by atoms with van der Waals surface area (Å²) in [6.07, 6.45) is 1.25. The van der Waals surface area contributed by atoms with Crippen LogP contribution in [0, 0.1) is 0 Å². The molecule has 0 saturated heterocycles. The van der Waals surface area contributed by atoms with Gasteiger partial charge in [0.25, 0.3) is 52.3 Å². The van der Waals surface area contributed by atoms with Crippen molar-refractivity contribution in [2.45, 2.75) is 9.79 Å². The van der Waals surface area contributed by atoms with Crippen LogP contribution >= 0.6 is 46.4 Å². The normalized spacial score (nSPS) is 14.9. The van der Waals surface area contributed by atoms with E-state index in [0.29, 0.717) is 36.4 Å². The van der Waals surface area contributed by atoms with Crippen molar-refractivity contribution in [3.8, 4) is 11.5 Å². The summed E-state index contributed by atoms with van der Waals surface area (Å²) in [7, 11) is -18.8. The Labute approximate surface area is 437 Å². The van der Waals surface area contributed by atoms with E-state index in [9.17, 15) is 71.1 Å². The fourth-order valence-corrected chi connectivity index (χ4v) is 10.2. The number of nitrogens with zero attached hydrogens (tertiary/aromatic N) is 2. The number of nitrogens with one attached hydrogen (secondary N) is 4. The molecule has 0 aromatic heterocycles. The number of amides is 2. The molecule has 24 nitrogen and oxygen atoms in total. The number of ether oxygens (including phenoxy) is 2. The lowest BCUT2D eigenvalue weighted by molar-refractivity contribution is 0.101. The zero-order valence-corrected chi connectivity index (χ0v) is 42.9. The number of carbonyl (C=O) groups excluding carboxylic acids is 4. The largest absolute Gasteiger partial charge is 0.494 e. The number of Topliss-reactive ketones (excluding diaryl/α,β-unsaturated/α-hetero) is 2. The Kier molecular flexibility index (Phi) is 15.2. The Balaban J connectivity index is 1.28. The summed E-state index contributed by atoms with van der Waals surface area (Å²) in [5, 5.41) is 12.4. The van der Waals surface area contributed by atoms with E-state index in [1.54, 1.807) is 0 Å². The van der Waals surface area contributed by atoms with Crippen LogP contribution in [0.1, 0.15) is 52.6 Å². The highest BCUT2D eigenvalue weighted by atomic mass is 35.5. The van der Waals surface area contributed by atoms with E-state index in [2.05, 4.69) is 31.7 Å². The van der Waals surface area contributed by atoms with Gasteiger partial charge in [0.2, 0.25) is 11.6 Å². The summed E-state index contributed by atoms with van der Waals surface area (Å²) in [5.41, 5.74) is -1.68. The van der Waals surface area contributed by atoms with Crippen LogP contribution in [0.15, 0.2) is 103 Å². The van der Waals surface area contributed by atoms with Crippen LogP contribution in [0.5, 0.6) is 11.5 Å². The first-order valence-corrected chi connectivity index (χ1v) is 26.9. The van der Waals surface area contributed by atoms with Gasteiger partial charge in [-0.2, -0.15) is 43.9 Å². The van der Waals surface area contributed by atoms with E-state index in [4.69, 9.17) is 55.9 Å². The first-order valence-electron chi connectivity index (χ1n) is 19.7. The van der Waals surface area contributed by atoms with Crippen LogP contribution in [0.2, 0.25) is 20.1 Å². The minimum Gasteiger partial charge on any atom is -0.494 e. The summed E-state index contributed by atoms with van der Waals surface area (Å²) < 4.78 is 151. The number of allylic oxidation sites excluding steroid dienone is 2. The molecule has 0 spiro atoms. The van der Waals surface area contributed by atoms with Crippen molar-refractivity contribution in [2.75, 3.05) is 35.7 Å². The highest BCUT2D eigenvalue weighted by Gasteiger charge is 2.38. The second-order valence-electron chi connectivity index (χ2n) is 15.0. The Morgan fingerprint density at radius 3 is 1.35 bits per heavy atom. The number of hydrogen-bond acceptors (Lipinski definition) is 18. The van der Waals surface area contributed by atoms with Crippen molar-refractivity contribution in [3.63, 3.8) is 0 Å². The molecule has 32 heteroatoms. The van der Waals surface area contributed by atoms with E-state index in [-0.39, 0.29) is 54.1 Å². The predicted molar refractivity (Wildman–Crippen MR) is 271 cm³/mol. The van der Waals surface area contributed by atoms with Crippen LogP contribution in [0.3, 0.4) is 0 Å². The van der Waals surface area contributed by atoms with E-state index in [0.717, 1.165) is 32.4 Å². The number of anilines is 4. The predicted octanol–water partition coefficient (Wildman–Crippen LogP) is 7.10. The molecule has 2 amide bonds.